The largest absolute Gasteiger partial charge is 0.457 e. The van der Waals surface area contributed by atoms with E-state index < -0.39 is 0 Å². The van der Waals surface area contributed by atoms with Gasteiger partial charge >= 0.3 is 0 Å². The van der Waals surface area contributed by atoms with E-state index in [1.54, 1.807) is 6.07 Å². The molecule has 0 spiro atoms. The Kier molecular flexibility index (Phi) is 4.94. The van der Waals surface area contributed by atoms with E-state index in [9.17, 15) is 9.59 Å². The molecule has 28 heavy (non-hydrogen) atoms. The quantitative estimate of drug-likeness (QED) is 0.617. The predicted molar refractivity (Wildman–Crippen MR) is 109 cm³/mol. The van der Waals surface area contributed by atoms with Gasteiger partial charge in [0.25, 0.3) is 0 Å². The van der Waals surface area contributed by atoms with Crippen LogP contribution in [0.2, 0.25) is 0 Å². The second-order valence-corrected chi connectivity index (χ2v) is 6.84. The summed E-state index contributed by atoms with van der Waals surface area (Å²) in [6.07, 6.45) is 1.79. The molecule has 1 amide bonds. The van der Waals surface area contributed by atoms with Gasteiger partial charge in [-0.1, -0.05) is 55.5 Å². The molecule has 0 saturated carbocycles. The fourth-order valence-electron chi connectivity index (χ4n) is 3.77. The van der Waals surface area contributed by atoms with Crippen molar-refractivity contribution in [2.45, 2.75) is 25.7 Å². The van der Waals surface area contributed by atoms with Gasteiger partial charge in [-0.05, 0) is 30.2 Å². The Bertz CT molecular complexity index is 996. The number of carbonyl (C=O) groups excluding carboxylic acids is 2. The molecule has 1 heterocycles. The van der Waals surface area contributed by atoms with Crippen molar-refractivity contribution in [2.24, 2.45) is 0 Å². The Morgan fingerprint density at radius 1 is 0.964 bits per heavy atom. The molecule has 0 unspecified atom stereocenters. The summed E-state index contributed by atoms with van der Waals surface area (Å²) >= 11 is 0. The summed E-state index contributed by atoms with van der Waals surface area (Å²) in [6, 6.07) is 21.1. The van der Waals surface area contributed by atoms with Crippen LogP contribution in [-0.2, 0) is 11.2 Å². The first-order valence-electron chi connectivity index (χ1n) is 9.44. The Labute approximate surface area is 164 Å². The van der Waals surface area contributed by atoms with Crippen LogP contribution in [0, 0.1) is 0 Å². The van der Waals surface area contributed by atoms with Crippen LogP contribution < -0.4 is 10.1 Å². The van der Waals surface area contributed by atoms with Gasteiger partial charge in [0.05, 0.1) is 5.69 Å². The maximum atomic E-state index is 13.0. The summed E-state index contributed by atoms with van der Waals surface area (Å²) in [5.41, 5.74) is 4.05. The monoisotopic (exact) mass is 371 g/mol. The number of anilines is 1. The molecule has 0 aliphatic carbocycles. The molecule has 0 atom stereocenters. The van der Waals surface area contributed by atoms with E-state index in [2.05, 4.69) is 5.32 Å². The molecule has 0 saturated heterocycles. The van der Waals surface area contributed by atoms with E-state index in [0.717, 1.165) is 40.9 Å². The molecule has 4 heteroatoms. The van der Waals surface area contributed by atoms with Crippen molar-refractivity contribution in [3.63, 3.8) is 0 Å². The molecule has 0 bridgehead atoms. The molecule has 0 fully saturated rings. The molecule has 1 N–H and O–H groups in total. The Morgan fingerprint density at radius 2 is 1.61 bits per heavy atom. The Morgan fingerprint density at radius 3 is 2.21 bits per heavy atom. The van der Waals surface area contributed by atoms with Crippen LogP contribution in [0.4, 0.5) is 5.69 Å². The van der Waals surface area contributed by atoms with Crippen LogP contribution in [0.25, 0.3) is 0 Å². The fraction of sp³-hybridized carbons (Fsp3) is 0.167. The SMILES string of the molecule is CCc1cccc(C=O)c1NC(=O)CC1c2ccccc2Oc2ccccc21. The highest BCUT2D eigenvalue weighted by Crippen LogP contribution is 2.45. The summed E-state index contributed by atoms with van der Waals surface area (Å²) in [6.45, 7) is 2.00. The van der Waals surface area contributed by atoms with Crippen LogP contribution >= 0.6 is 0 Å². The molecule has 1 aliphatic heterocycles. The number of benzene rings is 3. The average molecular weight is 371 g/mol. The normalized spacial score (nSPS) is 12.5. The Hall–Kier alpha value is -3.40. The smallest absolute Gasteiger partial charge is 0.225 e. The molecular weight excluding hydrogens is 350 g/mol. The molecular formula is C24H21NO3. The van der Waals surface area contributed by atoms with Crippen LogP contribution in [0.3, 0.4) is 0 Å². The number of amides is 1. The molecule has 4 nitrogen and oxygen atoms in total. The number of rotatable bonds is 5. The lowest BCUT2D eigenvalue weighted by molar-refractivity contribution is -0.116. The van der Waals surface area contributed by atoms with Crippen LogP contribution in [0.5, 0.6) is 11.5 Å². The van der Waals surface area contributed by atoms with Crippen molar-refractivity contribution in [2.75, 3.05) is 5.32 Å². The van der Waals surface area contributed by atoms with Gasteiger partial charge in [-0.2, -0.15) is 0 Å². The molecule has 140 valence electrons. The number of hydrogen-bond acceptors (Lipinski definition) is 3. The average Bonchev–Trinajstić information content (AvgIpc) is 2.73. The van der Waals surface area contributed by atoms with Crippen molar-refractivity contribution in [3.05, 3.63) is 89.0 Å². The third-order valence-corrected chi connectivity index (χ3v) is 5.15. The van der Waals surface area contributed by atoms with Gasteiger partial charge in [0, 0.05) is 29.0 Å². The van der Waals surface area contributed by atoms with Gasteiger partial charge in [-0.3, -0.25) is 9.59 Å². The van der Waals surface area contributed by atoms with E-state index in [0.29, 0.717) is 11.3 Å². The maximum Gasteiger partial charge on any atom is 0.225 e. The lowest BCUT2D eigenvalue weighted by Crippen LogP contribution is -2.20. The van der Waals surface area contributed by atoms with Crippen molar-refractivity contribution in [1.29, 1.82) is 0 Å². The highest BCUT2D eigenvalue weighted by atomic mass is 16.5. The lowest BCUT2D eigenvalue weighted by Gasteiger charge is -2.28. The standard InChI is InChI=1S/C24H21NO3/c1-2-16-8-7-9-17(15-26)24(16)25-23(27)14-20-18-10-3-5-12-21(18)28-22-13-6-4-11-19(20)22/h3-13,15,20H,2,14H2,1H3,(H,25,27). The summed E-state index contributed by atoms with van der Waals surface area (Å²) in [5.74, 6) is 1.33. The zero-order chi connectivity index (χ0) is 19.5. The summed E-state index contributed by atoms with van der Waals surface area (Å²) in [5, 5.41) is 2.98. The molecule has 3 aromatic rings. The van der Waals surface area contributed by atoms with Crippen molar-refractivity contribution < 1.29 is 14.3 Å². The van der Waals surface area contributed by atoms with Crippen molar-refractivity contribution in [3.8, 4) is 11.5 Å². The van der Waals surface area contributed by atoms with Crippen molar-refractivity contribution >= 4 is 17.9 Å². The zero-order valence-electron chi connectivity index (χ0n) is 15.6. The van der Waals surface area contributed by atoms with Gasteiger partial charge < -0.3 is 10.1 Å². The minimum Gasteiger partial charge on any atom is -0.457 e. The number of hydrogen-bond donors (Lipinski definition) is 1. The minimum atomic E-state index is -0.125. The van der Waals surface area contributed by atoms with Gasteiger partial charge in [-0.15, -0.1) is 0 Å². The number of para-hydroxylation sites is 3. The van der Waals surface area contributed by atoms with E-state index in [1.807, 2.05) is 67.6 Å². The number of aldehydes is 1. The third-order valence-electron chi connectivity index (χ3n) is 5.15. The van der Waals surface area contributed by atoms with Gasteiger partial charge in [0.2, 0.25) is 5.91 Å². The maximum absolute atomic E-state index is 13.0. The zero-order valence-corrected chi connectivity index (χ0v) is 15.6. The van der Waals surface area contributed by atoms with Gasteiger partial charge in [0.1, 0.15) is 11.5 Å². The summed E-state index contributed by atoms with van der Waals surface area (Å²) in [7, 11) is 0. The van der Waals surface area contributed by atoms with Crippen LogP contribution in [-0.4, -0.2) is 12.2 Å². The first-order valence-corrected chi connectivity index (χ1v) is 9.44. The van der Waals surface area contributed by atoms with E-state index in [-0.39, 0.29) is 18.2 Å². The molecule has 1 aliphatic rings. The highest BCUT2D eigenvalue weighted by Gasteiger charge is 2.29. The van der Waals surface area contributed by atoms with E-state index in [1.165, 1.54) is 0 Å². The highest BCUT2D eigenvalue weighted by molar-refractivity contribution is 5.98. The van der Waals surface area contributed by atoms with E-state index >= 15 is 0 Å². The van der Waals surface area contributed by atoms with Crippen LogP contribution in [0.1, 0.15) is 46.3 Å². The molecule has 0 aromatic heterocycles. The lowest BCUT2D eigenvalue weighted by atomic mass is 9.85. The Balaban J connectivity index is 1.65. The predicted octanol–water partition coefficient (Wildman–Crippen LogP) is 5.33. The van der Waals surface area contributed by atoms with Crippen LogP contribution in [0.15, 0.2) is 66.7 Å². The molecule has 4 rings (SSSR count). The number of ether oxygens (including phenoxy) is 1. The minimum absolute atomic E-state index is 0.102. The fourth-order valence-corrected chi connectivity index (χ4v) is 3.77. The first-order chi connectivity index (χ1) is 13.7. The molecule has 0 radical (unpaired) electrons. The number of fused-ring (bicyclic) bond motifs is 2. The number of nitrogens with one attached hydrogen (secondary N) is 1. The first kappa shape index (κ1) is 18.0. The summed E-state index contributed by atoms with van der Waals surface area (Å²) < 4.78 is 6.00. The topological polar surface area (TPSA) is 55.4 Å². The molecule has 3 aromatic carbocycles. The van der Waals surface area contributed by atoms with Gasteiger partial charge in [-0.25, -0.2) is 0 Å². The van der Waals surface area contributed by atoms with Crippen molar-refractivity contribution in [1.82, 2.24) is 0 Å². The number of carbonyl (C=O) groups is 2. The second kappa shape index (κ2) is 7.69. The third kappa shape index (κ3) is 3.29. The second-order valence-electron chi connectivity index (χ2n) is 6.84. The summed E-state index contributed by atoms with van der Waals surface area (Å²) in [4.78, 5) is 24.4. The van der Waals surface area contributed by atoms with Gasteiger partial charge in [0.15, 0.2) is 6.29 Å². The van der Waals surface area contributed by atoms with E-state index in [4.69, 9.17) is 4.74 Å². The number of aryl methyl sites for hydroxylation is 1.